The first-order valence-electron chi connectivity index (χ1n) is 0.548. The molecule has 0 amide bonds. The molecule has 7 heteroatoms. The fraction of sp³-hybridized carbons (Fsp3) is 0. The van der Waals surface area contributed by atoms with E-state index in [1.54, 1.807) is 0 Å². The molecule has 26 valence electrons. The fourth-order valence-corrected chi connectivity index (χ4v) is 0. The third-order valence-electron chi connectivity index (χ3n) is 0. The summed E-state index contributed by atoms with van der Waals surface area (Å²) >= 11 is -4.20. The van der Waals surface area contributed by atoms with Crippen LogP contribution in [0.25, 0.3) is 0 Å². The molecule has 3 nitrogen and oxygen atoms in total. The summed E-state index contributed by atoms with van der Waals surface area (Å²) in [5.74, 6) is 0. The van der Waals surface area contributed by atoms with Gasteiger partial charge in [-0.1, -0.05) is 0 Å². The molecule has 0 saturated heterocycles. The molecule has 0 unspecified atom stereocenters. The van der Waals surface area contributed by atoms with Crippen molar-refractivity contribution in [1.29, 1.82) is 0 Å². The van der Waals surface area contributed by atoms with E-state index in [9.17, 15) is 0 Å². The molecule has 0 fully saturated rings. The van der Waals surface area contributed by atoms with Crippen molar-refractivity contribution in [3.63, 3.8) is 0 Å². The van der Waals surface area contributed by atoms with Crippen LogP contribution >= 0.6 is 0 Å². The summed E-state index contributed by atoms with van der Waals surface area (Å²) in [6, 6.07) is 0. The second kappa shape index (κ2) is 15.8. The van der Waals surface area contributed by atoms with E-state index in [1.807, 2.05) is 0 Å². The molecule has 0 aromatic rings. The average Bonchev–Trinajstić information content (AvgIpc) is 0.811. The number of hydrogen-bond donors (Lipinski definition) is 0. The molecule has 0 rings (SSSR count). The first-order valence-corrected chi connectivity index (χ1v) is 3.67. The predicted octanol–water partition coefficient (Wildman–Crippen LogP) is -12.9. The van der Waals surface area contributed by atoms with Crippen LogP contribution in [0, 0.1) is 0 Å². The van der Waals surface area contributed by atoms with E-state index in [-0.39, 0.29) is 56.6 Å². The zero-order valence-electron chi connectivity index (χ0n) is 4.67. The summed E-state index contributed by atoms with van der Waals surface area (Å²) in [6.07, 6.45) is 0. The fourth-order valence-electron chi connectivity index (χ4n) is 0. The van der Waals surface area contributed by atoms with Gasteiger partial charge in [-0.15, -0.1) is 0 Å². The van der Waals surface area contributed by atoms with E-state index in [1.165, 1.54) is 0 Å². The van der Waals surface area contributed by atoms with E-state index >= 15 is 0 Å². The van der Waals surface area contributed by atoms with Crippen molar-refractivity contribution >= 4 is 21.5 Å². The van der Waals surface area contributed by atoms with Gasteiger partial charge in [-0.05, 0) is 0 Å². The van der Waals surface area contributed by atoms with Crippen LogP contribution in [0.4, 0.5) is 0 Å². The van der Waals surface area contributed by atoms with Gasteiger partial charge >= 0.3 is 88.2 Å². The molecule has 0 aromatic heterocycles. The minimum absolute atomic E-state index is 0. The Labute approximate surface area is 87.0 Å². The maximum absolute atomic E-state index is 8.60. The molecule has 0 N–H and O–H groups in total. The predicted molar refractivity (Wildman–Crippen MR) is 5.75 cm³/mol. The van der Waals surface area contributed by atoms with E-state index in [0.29, 0.717) is 0 Å². The van der Waals surface area contributed by atoms with Crippen LogP contribution in [0.1, 0.15) is 0 Å². The van der Waals surface area contributed by atoms with Gasteiger partial charge in [0, 0.05) is 0 Å². The first-order chi connectivity index (χ1) is 1.73. The monoisotopic (exact) mass is 190 g/mol. The summed E-state index contributed by atoms with van der Waals surface area (Å²) in [6.45, 7) is 0. The van der Waals surface area contributed by atoms with E-state index in [0.717, 1.165) is 0 Å². The van der Waals surface area contributed by atoms with Crippen LogP contribution < -0.4 is 66.7 Å². The quantitative estimate of drug-likeness (QED) is 0.356. The molecular formula is Li3O3Sb. The van der Waals surface area contributed by atoms with Gasteiger partial charge in [0.15, 0.2) is 0 Å². The second-order valence-corrected chi connectivity index (χ2v) is 1.50. The second-order valence-electron chi connectivity index (χ2n) is 0.224. The van der Waals surface area contributed by atoms with Crippen LogP contribution in [0.5, 0.6) is 0 Å². The van der Waals surface area contributed by atoms with Crippen LogP contribution in [-0.4, -0.2) is 21.5 Å². The topological polar surface area (TPSA) is 69.2 Å². The molecule has 0 spiro atoms. The standard InChI is InChI=1S/3Li.3O.Sb/q3*+1;3*-1;. The molecule has 0 aliphatic heterocycles. The van der Waals surface area contributed by atoms with Crippen molar-refractivity contribution in [3.05, 3.63) is 0 Å². The van der Waals surface area contributed by atoms with E-state index in [4.69, 9.17) is 10.2 Å². The molecule has 0 atom stereocenters. The van der Waals surface area contributed by atoms with Crippen molar-refractivity contribution in [2.45, 2.75) is 0 Å². The van der Waals surface area contributed by atoms with Gasteiger partial charge in [-0.2, -0.15) is 0 Å². The Morgan fingerprint density at radius 1 is 0.714 bits per heavy atom. The van der Waals surface area contributed by atoms with Gasteiger partial charge in [-0.25, -0.2) is 0 Å². The normalized spacial score (nSPS) is 5.14. The number of hydrogen-bond acceptors (Lipinski definition) is 3. The molecule has 0 aliphatic carbocycles. The van der Waals surface area contributed by atoms with Crippen LogP contribution in [0.3, 0.4) is 0 Å². The Hall–Kier alpha value is 2.49. The number of rotatable bonds is 0. The van der Waals surface area contributed by atoms with Gasteiger partial charge in [0.05, 0.1) is 0 Å². The Morgan fingerprint density at radius 2 is 0.714 bits per heavy atom. The van der Waals surface area contributed by atoms with Crippen molar-refractivity contribution in [1.82, 2.24) is 0 Å². The summed E-state index contributed by atoms with van der Waals surface area (Å²) in [5.41, 5.74) is 0. The molecule has 0 aliphatic rings. The van der Waals surface area contributed by atoms with Crippen molar-refractivity contribution in [2.75, 3.05) is 0 Å². The van der Waals surface area contributed by atoms with Gasteiger partial charge in [0.25, 0.3) is 0 Å². The zero-order valence-corrected chi connectivity index (χ0v) is 7.22. The maximum atomic E-state index is 8.60. The first kappa shape index (κ1) is 22.7. The van der Waals surface area contributed by atoms with Gasteiger partial charge < -0.3 is 0 Å². The van der Waals surface area contributed by atoms with Crippen LogP contribution in [0.2, 0.25) is 0 Å². The summed E-state index contributed by atoms with van der Waals surface area (Å²) in [5, 5.41) is 0. The Kier molecular flexibility index (Phi) is 51.2. The molecule has 0 saturated carbocycles. The van der Waals surface area contributed by atoms with E-state index in [2.05, 4.69) is 0 Å². The summed E-state index contributed by atoms with van der Waals surface area (Å²) in [4.78, 5) is 0. The molecular weight excluding hydrogens is 191 g/mol. The van der Waals surface area contributed by atoms with Crippen molar-refractivity contribution in [3.8, 4) is 0 Å². The zero-order chi connectivity index (χ0) is 3.58. The minimum atomic E-state index is -4.20. The Balaban J connectivity index is -0.0000000150. The molecule has 0 bridgehead atoms. The molecule has 0 heterocycles. The van der Waals surface area contributed by atoms with Crippen LogP contribution in [-0.2, 0) is 0 Å². The Bertz CT molecular complexity index is 14.9. The third kappa shape index (κ3) is 57.7. The summed E-state index contributed by atoms with van der Waals surface area (Å²) in [7, 11) is 0. The van der Waals surface area contributed by atoms with Gasteiger partial charge in [-0.3, -0.25) is 0 Å². The van der Waals surface area contributed by atoms with Crippen molar-refractivity contribution < 1.29 is 66.7 Å². The summed E-state index contributed by atoms with van der Waals surface area (Å²) < 4.78 is 25.8. The van der Waals surface area contributed by atoms with E-state index < -0.39 is 21.5 Å². The Morgan fingerprint density at radius 3 is 0.714 bits per heavy atom. The third-order valence-corrected chi connectivity index (χ3v) is 0. The molecule has 0 aromatic carbocycles. The average molecular weight is 191 g/mol. The SMILES string of the molecule is [Li+].[Li+].[Li+].[O-][Sb]([O-])[O-]. The van der Waals surface area contributed by atoms with Gasteiger partial charge in [0.1, 0.15) is 0 Å². The van der Waals surface area contributed by atoms with Crippen molar-refractivity contribution in [2.24, 2.45) is 0 Å². The van der Waals surface area contributed by atoms with Crippen LogP contribution in [0.15, 0.2) is 0 Å². The van der Waals surface area contributed by atoms with Gasteiger partial charge in [0.2, 0.25) is 0 Å². The molecule has 7 heavy (non-hydrogen) atoms. The molecule has 0 radical (unpaired) electrons.